The molecule has 7 nitrogen and oxygen atoms in total. The number of nitrogens with one attached hydrogen (secondary N) is 1. The van der Waals surface area contributed by atoms with E-state index in [0.29, 0.717) is 22.8 Å². The molecular weight excluding hydrogens is 232 g/mol. The van der Waals surface area contributed by atoms with E-state index in [1.54, 1.807) is 6.20 Å². The number of nitrogen functional groups attached to an aromatic ring is 1. The van der Waals surface area contributed by atoms with E-state index in [4.69, 9.17) is 10.5 Å². The smallest absolute Gasteiger partial charge is 0.250 e. The first-order valence-corrected chi connectivity index (χ1v) is 5.29. The first kappa shape index (κ1) is 10.5. The molecular formula is C11H10N6O. The largest absolute Gasteiger partial charge is 0.435 e. The summed E-state index contributed by atoms with van der Waals surface area (Å²) in [5.74, 6) is 1.03. The van der Waals surface area contributed by atoms with Crippen LogP contribution in [0.25, 0.3) is 11.2 Å². The second-order valence-corrected chi connectivity index (χ2v) is 3.73. The molecule has 0 spiro atoms. The first-order chi connectivity index (χ1) is 8.72. The van der Waals surface area contributed by atoms with E-state index in [1.165, 1.54) is 6.33 Å². The van der Waals surface area contributed by atoms with Crippen LogP contribution in [0.2, 0.25) is 0 Å². The van der Waals surface area contributed by atoms with Crippen molar-refractivity contribution in [2.45, 2.75) is 6.92 Å². The molecule has 0 aliphatic carbocycles. The maximum absolute atomic E-state index is 5.62. The Kier molecular flexibility index (Phi) is 2.30. The molecule has 0 radical (unpaired) electrons. The van der Waals surface area contributed by atoms with Crippen LogP contribution in [0.1, 0.15) is 5.69 Å². The van der Waals surface area contributed by atoms with Crippen molar-refractivity contribution in [2.75, 3.05) is 5.73 Å². The lowest BCUT2D eigenvalue weighted by Crippen LogP contribution is -1.98. The number of pyridine rings is 1. The maximum atomic E-state index is 5.62. The lowest BCUT2D eigenvalue weighted by Gasteiger charge is -2.05. The number of aromatic nitrogens is 5. The number of nitrogens with two attached hydrogens (primary N) is 1. The molecule has 3 aromatic rings. The van der Waals surface area contributed by atoms with Gasteiger partial charge in [0.1, 0.15) is 11.3 Å². The normalized spacial score (nSPS) is 10.7. The SMILES string of the molecule is Cc1ccc(Oc2nc(N)nc3nc[nH]c23)cn1. The Morgan fingerprint density at radius 2 is 2.11 bits per heavy atom. The van der Waals surface area contributed by atoms with E-state index < -0.39 is 0 Å². The van der Waals surface area contributed by atoms with E-state index in [-0.39, 0.29) is 5.95 Å². The molecule has 0 aromatic carbocycles. The van der Waals surface area contributed by atoms with Gasteiger partial charge >= 0.3 is 0 Å². The summed E-state index contributed by atoms with van der Waals surface area (Å²) < 4.78 is 5.62. The predicted octanol–water partition coefficient (Wildman–Crippen LogP) is 1.43. The molecule has 3 heterocycles. The van der Waals surface area contributed by atoms with Crippen LogP contribution in [-0.4, -0.2) is 24.9 Å². The maximum Gasteiger partial charge on any atom is 0.250 e. The van der Waals surface area contributed by atoms with Gasteiger partial charge in [-0.1, -0.05) is 0 Å². The summed E-state index contributed by atoms with van der Waals surface area (Å²) in [6.07, 6.45) is 3.13. The monoisotopic (exact) mass is 242 g/mol. The Balaban J connectivity index is 2.03. The molecule has 0 aliphatic rings. The third kappa shape index (κ3) is 1.81. The van der Waals surface area contributed by atoms with E-state index in [2.05, 4.69) is 24.9 Å². The van der Waals surface area contributed by atoms with Crippen molar-refractivity contribution < 1.29 is 4.74 Å². The van der Waals surface area contributed by atoms with Crippen LogP contribution in [0.15, 0.2) is 24.7 Å². The van der Waals surface area contributed by atoms with Crippen LogP contribution < -0.4 is 10.5 Å². The summed E-state index contributed by atoms with van der Waals surface area (Å²) in [5, 5.41) is 0. The molecule has 0 fully saturated rings. The Morgan fingerprint density at radius 3 is 2.89 bits per heavy atom. The van der Waals surface area contributed by atoms with Gasteiger partial charge in [-0.25, -0.2) is 4.98 Å². The van der Waals surface area contributed by atoms with Crippen LogP contribution >= 0.6 is 0 Å². The van der Waals surface area contributed by atoms with Crippen molar-refractivity contribution in [3.8, 4) is 11.6 Å². The highest BCUT2D eigenvalue weighted by Crippen LogP contribution is 2.25. The zero-order valence-electron chi connectivity index (χ0n) is 9.58. The molecule has 0 saturated heterocycles. The molecule has 7 heteroatoms. The van der Waals surface area contributed by atoms with Crippen LogP contribution in [-0.2, 0) is 0 Å². The standard InChI is InChI=1S/C11H10N6O/c1-6-2-3-7(4-13-6)18-10-8-9(15-5-14-8)16-11(12)17-10/h2-5H,1H3,(H3,12,14,15,16,17). The lowest BCUT2D eigenvalue weighted by atomic mass is 10.4. The fourth-order valence-corrected chi connectivity index (χ4v) is 1.52. The minimum Gasteiger partial charge on any atom is -0.435 e. The number of fused-ring (bicyclic) bond motifs is 1. The molecule has 0 aliphatic heterocycles. The van der Waals surface area contributed by atoms with Crippen molar-refractivity contribution in [3.63, 3.8) is 0 Å². The highest BCUT2D eigenvalue weighted by Gasteiger charge is 2.10. The number of H-pyrrole nitrogens is 1. The molecule has 3 rings (SSSR count). The minimum absolute atomic E-state index is 0.115. The molecule has 0 unspecified atom stereocenters. The van der Waals surface area contributed by atoms with Crippen molar-refractivity contribution in [1.82, 2.24) is 24.9 Å². The number of nitrogens with zero attached hydrogens (tertiary/aromatic N) is 4. The summed E-state index contributed by atoms with van der Waals surface area (Å²) >= 11 is 0. The zero-order valence-corrected chi connectivity index (χ0v) is 9.58. The topological polar surface area (TPSA) is 103 Å². The first-order valence-electron chi connectivity index (χ1n) is 5.29. The van der Waals surface area contributed by atoms with Gasteiger partial charge in [0.15, 0.2) is 5.65 Å². The van der Waals surface area contributed by atoms with Gasteiger partial charge in [-0.15, -0.1) is 0 Å². The number of aromatic amines is 1. The summed E-state index contributed by atoms with van der Waals surface area (Å²) in [5.41, 5.74) is 7.57. The highest BCUT2D eigenvalue weighted by atomic mass is 16.5. The van der Waals surface area contributed by atoms with Gasteiger partial charge in [0.05, 0.1) is 12.5 Å². The quantitative estimate of drug-likeness (QED) is 0.704. The van der Waals surface area contributed by atoms with Crippen molar-refractivity contribution in [3.05, 3.63) is 30.4 Å². The van der Waals surface area contributed by atoms with Crippen molar-refractivity contribution >= 4 is 17.1 Å². The second-order valence-electron chi connectivity index (χ2n) is 3.73. The fraction of sp³-hybridized carbons (Fsp3) is 0.0909. The third-order valence-electron chi connectivity index (χ3n) is 2.37. The predicted molar refractivity (Wildman–Crippen MR) is 65.1 cm³/mol. The molecule has 3 N–H and O–H groups in total. The minimum atomic E-state index is 0.115. The average molecular weight is 242 g/mol. The van der Waals surface area contributed by atoms with E-state index >= 15 is 0 Å². The number of rotatable bonds is 2. The summed E-state index contributed by atoms with van der Waals surface area (Å²) in [4.78, 5) is 19.1. The zero-order chi connectivity index (χ0) is 12.5. The molecule has 0 atom stereocenters. The van der Waals surface area contributed by atoms with Gasteiger partial charge in [-0.05, 0) is 19.1 Å². The van der Waals surface area contributed by atoms with Gasteiger partial charge in [0.2, 0.25) is 5.95 Å². The highest BCUT2D eigenvalue weighted by molar-refractivity contribution is 5.77. The number of anilines is 1. The number of aryl methyl sites for hydroxylation is 1. The molecule has 0 bridgehead atoms. The van der Waals surface area contributed by atoms with E-state index in [1.807, 2.05) is 19.1 Å². The Labute approximate surface area is 102 Å². The van der Waals surface area contributed by atoms with Gasteiger partial charge in [-0.2, -0.15) is 9.97 Å². The molecule has 0 saturated carbocycles. The van der Waals surface area contributed by atoms with Crippen molar-refractivity contribution in [2.24, 2.45) is 0 Å². The summed E-state index contributed by atoms with van der Waals surface area (Å²) in [6, 6.07) is 3.66. The number of ether oxygens (including phenoxy) is 1. The van der Waals surface area contributed by atoms with Crippen LogP contribution in [0, 0.1) is 6.92 Å². The van der Waals surface area contributed by atoms with Crippen LogP contribution in [0.5, 0.6) is 11.6 Å². The van der Waals surface area contributed by atoms with Gasteiger partial charge in [0.25, 0.3) is 5.88 Å². The number of imidazole rings is 1. The molecule has 90 valence electrons. The van der Waals surface area contributed by atoms with E-state index in [0.717, 1.165) is 5.69 Å². The van der Waals surface area contributed by atoms with Gasteiger partial charge in [-0.3, -0.25) is 4.98 Å². The third-order valence-corrected chi connectivity index (χ3v) is 2.37. The number of hydrogen-bond acceptors (Lipinski definition) is 6. The van der Waals surface area contributed by atoms with Crippen LogP contribution in [0.4, 0.5) is 5.95 Å². The second kappa shape index (κ2) is 3.95. The van der Waals surface area contributed by atoms with Crippen LogP contribution in [0.3, 0.4) is 0 Å². The Morgan fingerprint density at radius 1 is 1.22 bits per heavy atom. The number of hydrogen-bond donors (Lipinski definition) is 2. The Bertz CT molecular complexity index is 690. The lowest BCUT2D eigenvalue weighted by molar-refractivity contribution is 0.465. The van der Waals surface area contributed by atoms with Gasteiger partial charge in [0, 0.05) is 5.69 Å². The molecule has 0 amide bonds. The fourth-order valence-electron chi connectivity index (χ4n) is 1.52. The summed E-state index contributed by atoms with van der Waals surface area (Å²) in [7, 11) is 0. The average Bonchev–Trinajstić information content (AvgIpc) is 2.80. The molecule has 3 aromatic heterocycles. The summed E-state index contributed by atoms with van der Waals surface area (Å²) in [6.45, 7) is 1.90. The van der Waals surface area contributed by atoms with E-state index in [9.17, 15) is 0 Å². The molecule has 18 heavy (non-hydrogen) atoms. The van der Waals surface area contributed by atoms with Crippen molar-refractivity contribution in [1.29, 1.82) is 0 Å². The van der Waals surface area contributed by atoms with Gasteiger partial charge < -0.3 is 15.5 Å². The Hall–Kier alpha value is -2.70.